The van der Waals surface area contributed by atoms with Crippen molar-refractivity contribution >= 4 is 50.7 Å². The van der Waals surface area contributed by atoms with Gasteiger partial charge < -0.3 is 10.2 Å². The minimum absolute atomic E-state index is 0.00626. The Morgan fingerprint density at radius 2 is 1.44 bits per heavy atom. The monoisotopic (exact) mass is 589 g/mol. The highest BCUT2D eigenvalue weighted by molar-refractivity contribution is 7.92. The van der Waals surface area contributed by atoms with E-state index in [4.69, 9.17) is 23.2 Å². The van der Waals surface area contributed by atoms with E-state index in [1.807, 2.05) is 51.1 Å². The van der Waals surface area contributed by atoms with Crippen molar-refractivity contribution in [3.05, 3.63) is 100 Å². The van der Waals surface area contributed by atoms with Crippen LogP contribution in [0.2, 0.25) is 10.0 Å². The number of rotatable bonds is 10. The molecular weight excluding hydrogens is 557 g/mol. The van der Waals surface area contributed by atoms with E-state index in [1.165, 1.54) is 11.0 Å². The highest BCUT2D eigenvalue weighted by Gasteiger charge is 2.34. The molecule has 0 spiro atoms. The van der Waals surface area contributed by atoms with E-state index >= 15 is 0 Å². The topological polar surface area (TPSA) is 86.8 Å². The van der Waals surface area contributed by atoms with Crippen LogP contribution in [-0.2, 0) is 32.6 Å². The molecule has 3 aromatic carbocycles. The van der Waals surface area contributed by atoms with Gasteiger partial charge in [-0.3, -0.25) is 13.9 Å². The van der Waals surface area contributed by atoms with Crippen LogP contribution in [0.1, 0.15) is 31.9 Å². The molecule has 0 heterocycles. The van der Waals surface area contributed by atoms with Crippen LogP contribution in [0.5, 0.6) is 0 Å². The summed E-state index contributed by atoms with van der Waals surface area (Å²) < 4.78 is 26.6. The predicted octanol–water partition coefficient (Wildman–Crippen LogP) is 5.31. The van der Waals surface area contributed by atoms with Gasteiger partial charge in [-0.05, 0) is 50.1 Å². The molecule has 0 bridgehead atoms. The lowest BCUT2D eigenvalue weighted by Gasteiger charge is -2.35. The molecule has 0 saturated carbocycles. The third kappa shape index (κ3) is 8.71. The van der Waals surface area contributed by atoms with Gasteiger partial charge in [0.2, 0.25) is 21.8 Å². The molecule has 0 radical (unpaired) electrons. The second kappa shape index (κ2) is 12.9. The summed E-state index contributed by atoms with van der Waals surface area (Å²) in [6.07, 6.45) is 1.22. The van der Waals surface area contributed by atoms with Gasteiger partial charge in [0.05, 0.1) is 17.0 Å². The number of benzene rings is 3. The van der Waals surface area contributed by atoms with Crippen LogP contribution in [0, 0.1) is 0 Å². The zero-order chi connectivity index (χ0) is 28.8. The average Bonchev–Trinajstić information content (AvgIpc) is 2.85. The van der Waals surface area contributed by atoms with E-state index in [1.54, 1.807) is 42.5 Å². The highest BCUT2D eigenvalue weighted by atomic mass is 35.5. The number of halogens is 2. The number of hydrogen-bond donors (Lipinski definition) is 1. The van der Waals surface area contributed by atoms with Gasteiger partial charge in [-0.15, -0.1) is 0 Å². The van der Waals surface area contributed by atoms with Gasteiger partial charge in [-0.25, -0.2) is 8.42 Å². The molecule has 0 aliphatic heterocycles. The Morgan fingerprint density at radius 1 is 0.872 bits per heavy atom. The van der Waals surface area contributed by atoms with Crippen LogP contribution in [0.3, 0.4) is 0 Å². The maximum absolute atomic E-state index is 14.1. The van der Waals surface area contributed by atoms with Crippen LogP contribution in [-0.4, -0.2) is 49.5 Å². The molecule has 0 fully saturated rings. The lowest BCUT2D eigenvalue weighted by atomic mass is 10.0. The Balaban J connectivity index is 2.10. The molecule has 0 unspecified atom stereocenters. The zero-order valence-electron chi connectivity index (χ0n) is 22.4. The molecule has 10 heteroatoms. The average molecular weight is 591 g/mol. The van der Waals surface area contributed by atoms with Crippen LogP contribution in [0.25, 0.3) is 0 Å². The Hall–Kier alpha value is -3.07. The first-order valence-corrected chi connectivity index (χ1v) is 15.0. The highest BCUT2D eigenvalue weighted by Crippen LogP contribution is 2.28. The summed E-state index contributed by atoms with van der Waals surface area (Å²) in [6.45, 7) is 5.00. The summed E-state index contributed by atoms with van der Waals surface area (Å²) in [5.41, 5.74) is 1.07. The van der Waals surface area contributed by atoms with E-state index in [0.29, 0.717) is 10.6 Å². The quantitative estimate of drug-likeness (QED) is 0.347. The van der Waals surface area contributed by atoms with Gasteiger partial charge in [0, 0.05) is 23.5 Å². The molecule has 1 atom stereocenters. The standard InChI is InChI=1S/C29H33Cl2N3O4S/c1-29(2,3)32-28(36)26(18-21-12-6-5-7-13-21)33(19-22-14-8-9-15-23(22)30)27(35)20-34(39(4,37)38)25-17-11-10-16-24(25)31/h5-17,26H,18-20H2,1-4H3,(H,32,36)/t26-/m1/s1. The van der Waals surface area contributed by atoms with E-state index in [2.05, 4.69) is 5.32 Å². The number of para-hydroxylation sites is 1. The summed E-state index contributed by atoms with van der Waals surface area (Å²) in [6, 6.07) is 21.8. The first kappa shape index (κ1) is 30.5. The van der Waals surface area contributed by atoms with Gasteiger partial charge in [0.25, 0.3) is 0 Å². The molecule has 3 aromatic rings. The molecule has 0 saturated heterocycles. The van der Waals surface area contributed by atoms with Crippen LogP contribution in [0.4, 0.5) is 5.69 Å². The fourth-order valence-electron chi connectivity index (χ4n) is 4.07. The number of nitrogens with one attached hydrogen (secondary N) is 1. The van der Waals surface area contributed by atoms with Crippen molar-refractivity contribution in [3.8, 4) is 0 Å². The smallest absolute Gasteiger partial charge is 0.244 e. The molecule has 0 aromatic heterocycles. The van der Waals surface area contributed by atoms with Gasteiger partial charge in [-0.2, -0.15) is 0 Å². The molecule has 2 amide bonds. The van der Waals surface area contributed by atoms with Crippen LogP contribution in [0.15, 0.2) is 78.9 Å². The minimum Gasteiger partial charge on any atom is -0.350 e. The summed E-state index contributed by atoms with van der Waals surface area (Å²) in [7, 11) is -3.91. The summed E-state index contributed by atoms with van der Waals surface area (Å²) in [5.74, 6) is -0.944. The maximum Gasteiger partial charge on any atom is 0.244 e. The Labute approximate surface area is 240 Å². The fourth-order valence-corrected chi connectivity index (χ4v) is 5.41. The number of anilines is 1. The number of hydrogen-bond acceptors (Lipinski definition) is 4. The van der Waals surface area contributed by atoms with Crippen molar-refractivity contribution in [1.29, 1.82) is 0 Å². The number of nitrogens with zero attached hydrogens (tertiary/aromatic N) is 2. The Bertz CT molecular complexity index is 1410. The Morgan fingerprint density at radius 3 is 2.00 bits per heavy atom. The molecule has 7 nitrogen and oxygen atoms in total. The third-order valence-electron chi connectivity index (χ3n) is 5.87. The number of sulfonamides is 1. The van der Waals surface area contributed by atoms with E-state index in [9.17, 15) is 18.0 Å². The normalized spacial score (nSPS) is 12.5. The molecule has 0 aliphatic carbocycles. The summed E-state index contributed by atoms with van der Waals surface area (Å²) in [5, 5.41) is 3.59. The van der Waals surface area contributed by atoms with Crippen molar-refractivity contribution in [1.82, 2.24) is 10.2 Å². The predicted molar refractivity (Wildman–Crippen MR) is 157 cm³/mol. The van der Waals surface area contributed by atoms with Gasteiger partial charge in [0.15, 0.2) is 0 Å². The number of carbonyl (C=O) groups excluding carboxylic acids is 2. The Kier molecular flexibility index (Phi) is 10.0. The second-order valence-electron chi connectivity index (χ2n) is 10.3. The zero-order valence-corrected chi connectivity index (χ0v) is 24.7. The SMILES string of the molecule is CC(C)(C)NC(=O)[C@@H](Cc1ccccc1)N(Cc1ccccc1Cl)C(=O)CN(c1ccccc1Cl)S(C)(=O)=O. The molecule has 39 heavy (non-hydrogen) atoms. The van der Waals surface area contributed by atoms with E-state index in [0.717, 1.165) is 16.1 Å². The van der Waals surface area contributed by atoms with Crippen molar-refractivity contribution in [2.24, 2.45) is 0 Å². The largest absolute Gasteiger partial charge is 0.350 e. The summed E-state index contributed by atoms with van der Waals surface area (Å²) >= 11 is 12.8. The van der Waals surface area contributed by atoms with Gasteiger partial charge >= 0.3 is 0 Å². The van der Waals surface area contributed by atoms with Crippen LogP contribution >= 0.6 is 23.2 Å². The molecule has 208 valence electrons. The number of carbonyl (C=O) groups is 2. The number of amides is 2. The van der Waals surface area contributed by atoms with Crippen molar-refractivity contribution in [2.75, 3.05) is 17.1 Å². The first-order valence-electron chi connectivity index (χ1n) is 12.4. The van der Waals surface area contributed by atoms with Crippen molar-refractivity contribution < 1.29 is 18.0 Å². The van der Waals surface area contributed by atoms with Crippen molar-refractivity contribution in [2.45, 2.75) is 45.3 Å². The molecule has 1 N–H and O–H groups in total. The van der Waals surface area contributed by atoms with Gasteiger partial charge in [0.1, 0.15) is 12.6 Å². The molecular formula is C29H33Cl2N3O4S. The third-order valence-corrected chi connectivity index (χ3v) is 7.68. The van der Waals surface area contributed by atoms with E-state index < -0.39 is 34.1 Å². The lowest BCUT2D eigenvalue weighted by molar-refractivity contribution is -0.140. The van der Waals surface area contributed by atoms with Crippen LogP contribution < -0.4 is 9.62 Å². The maximum atomic E-state index is 14.1. The fraction of sp³-hybridized carbons (Fsp3) is 0.310. The second-order valence-corrected chi connectivity index (χ2v) is 13.0. The van der Waals surface area contributed by atoms with Crippen molar-refractivity contribution in [3.63, 3.8) is 0 Å². The molecule has 3 rings (SSSR count). The minimum atomic E-state index is -3.91. The first-order chi connectivity index (χ1) is 18.3. The van der Waals surface area contributed by atoms with E-state index in [-0.39, 0.29) is 29.6 Å². The lowest BCUT2D eigenvalue weighted by Crippen LogP contribution is -2.56. The molecule has 0 aliphatic rings. The van der Waals surface area contributed by atoms with Gasteiger partial charge in [-0.1, -0.05) is 83.9 Å². The summed E-state index contributed by atoms with van der Waals surface area (Å²) in [4.78, 5) is 29.1.